The summed E-state index contributed by atoms with van der Waals surface area (Å²) >= 11 is 0. The van der Waals surface area contributed by atoms with E-state index in [1.165, 1.54) is 6.42 Å². The van der Waals surface area contributed by atoms with Crippen LogP contribution in [0, 0.1) is 5.92 Å². The van der Waals surface area contributed by atoms with E-state index in [4.69, 9.17) is 4.74 Å². The molecule has 0 aromatic carbocycles. The van der Waals surface area contributed by atoms with Crippen LogP contribution >= 0.6 is 0 Å². The fraction of sp³-hybridized carbons (Fsp3) is 1.00. The lowest BCUT2D eigenvalue weighted by Crippen LogP contribution is -2.48. The van der Waals surface area contributed by atoms with Crippen molar-refractivity contribution < 1.29 is 9.84 Å². The van der Waals surface area contributed by atoms with E-state index >= 15 is 0 Å². The Morgan fingerprint density at radius 3 is 2.93 bits per heavy atom. The van der Waals surface area contributed by atoms with Crippen molar-refractivity contribution in [1.29, 1.82) is 0 Å². The van der Waals surface area contributed by atoms with Gasteiger partial charge < -0.3 is 15.2 Å². The number of hydrogen-bond acceptors (Lipinski definition) is 3. The van der Waals surface area contributed by atoms with Gasteiger partial charge in [-0.15, -0.1) is 0 Å². The van der Waals surface area contributed by atoms with Gasteiger partial charge in [0, 0.05) is 20.2 Å². The summed E-state index contributed by atoms with van der Waals surface area (Å²) in [5, 5.41) is 13.6. The molecule has 2 atom stereocenters. The average Bonchev–Trinajstić information content (AvgIpc) is 2.18. The van der Waals surface area contributed by atoms with Crippen LogP contribution in [0.4, 0.5) is 0 Å². The van der Waals surface area contributed by atoms with Gasteiger partial charge in [-0.2, -0.15) is 0 Å². The minimum atomic E-state index is -0.480. The first-order valence-corrected chi connectivity index (χ1v) is 5.61. The lowest BCUT2D eigenvalue weighted by atomic mass is 9.76. The van der Waals surface area contributed by atoms with Gasteiger partial charge in [-0.3, -0.25) is 0 Å². The summed E-state index contributed by atoms with van der Waals surface area (Å²) in [6.45, 7) is 4.39. The first kappa shape index (κ1) is 12.0. The van der Waals surface area contributed by atoms with Gasteiger partial charge >= 0.3 is 0 Å². The normalized spacial score (nSPS) is 33.2. The van der Waals surface area contributed by atoms with Gasteiger partial charge in [0.15, 0.2) is 0 Å². The molecule has 0 spiro atoms. The van der Waals surface area contributed by atoms with E-state index in [1.54, 1.807) is 7.11 Å². The topological polar surface area (TPSA) is 41.5 Å². The Kier molecular flexibility index (Phi) is 4.85. The lowest BCUT2D eigenvalue weighted by molar-refractivity contribution is -0.0399. The maximum absolute atomic E-state index is 10.3. The zero-order chi connectivity index (χ0) is 10.4. The van der Waals surface area contributed by atoms with Crippen LogP contribution in [0.1, 0.15) is 32.6 Å². The Labute approximate surface area is 86.8 Å². The number of aliphatic hydroxyl groups is 1. The highest BCUT2D eigenvalue weighted by Gasteiger charge is 2.35. The zero-order valence-electron chi connectivity index (χ0n) is 9.38. The Hall–Kier alpha value is -0.120. The summed E-state index contributed by atoms with van der Waals surface area (Å²) in [6, 6.07) is 0. The van der Waals surface area contributed by atoms with Crippen LogP contribution in [0.5, 0.6) is 0 Å². The summed E-state index contributed by atoms with van der Waals surface area (Å²) in [7, 11) is 1.69. The molecule has 2 N–H and O–H groups in total. The monoisotopic (exact) mass is 201 g/mol. The SMILES string of the molecule is COCCNCC1(O)CCCCC1C. The molecule has 1 aliphatic rings. The minimum Gasteiger partial charge on any atom is -0.388 e. The van der Waals surface area contributed by atoms with Gasteiger partial charge in [0.2, 0.25) is 0 Å². The number of rotatable bonds is 5. The van der Waals surface area contributed by atoms with E-state index in [2.05, 4.69) is 12.2 Å². The Bertz CT molecular complexity index is 163. The quantitative estimate of drug-likeness (QED) is 0.656. The third-order valence-corrected chi connectivity index (χ3v) is 3.33. The maximum Gasteiger partial charge on any atom is 0.0796 e. The molecule has 3 nitrogen and oxygen atoms in total. The van der Waals surface area contributed by atoms with Gasteiger partial charge in [-0.05, 0) is 18.8 Å². The Balaban J connectivity index is 2.25. The second-order valence-corrected chi connectivity index (χ2v) is 4.42. The van der Waals surface area contributed by atoms with E-state index in [0.29, 0.717) is 19.1 Å². The second-order valence-electron chi connectivity index (χ2n) is 4.42. The predicted octanol–water partition coefficient (Wildman–Crippen LogP) is 1.16. The van der Waals surface area contributed by atoms with Crippen LogP contribution in [0.3, 0.4) is 0 Å². The van der Waals surface area contributed by atoms with Crippen molar-refractivity contribution in [2.75, 3.05) is 26.8 Å². The minimum absolute atomic E-state index is 0.422. The van der Waals surface area contributed by atoms with Crippen LogP contribution in [0.15, 0.2) is 0 Å². The molecule has 0 radical (unpaired) electrons. The van der Waals surface area contributed by atoms with E-state index in [-0.39, 0.29) is 0 Å². The molecule has 14 heavy (non-hydrogen) atoms. The van der Waals surface area contributed by atoms with E-state index in [1.807, 2.05) is 0 Å². The van der Waals surface area contributed by atoms with E-state index in [0.717, 1.165) is 25.8 Å². The van der Waals surface area contributed by atoms with Gasteiger partial charge in [0.1, 0.15) is 0 Å². The molecule has 0 bridgehead atoms. The maximum atomic E-state index is 10.3. The molecular formula is C11H23NO2. The standard InChI is InChI=1S/C11H23NO2/c1-10-5-3-4-6-11(10,13)9-12-7-8-14-2/h10,12-13H,3-9H2,1-2H3. The predicted molar refractivity (Wildman–Crippen MR) is 57.3 cm³/mol. The smallest absolute Gasteiger partial charge is 0.0796 e. The largest absolute Gasteiger partial charge is 0.388 e. The van der Waals surface area contributed by atoms with Gasteiger partial charge in [0.25, 0.3) is 0 Å². The van der Waals surface area contributed by atoms with Gasteiger partial charge in [-0.25, -0.2) is 0 Å². The summed E-state index contributed by atoms with van der Waals surface area (Å²) in [6.07, 6.45) is 4.52. The molecule has 0 aliphatic heterocycles. The number of nitrogens with one attached hydrogen (secondary N) is 1. The third kappa shape index (κ3) is 3.23. The highest BCUT2D eigenvalue weighted by molar-refractivity contribution is 4.89. The average molecular weight is 201 g/mol. The third-order valence-electron chi connectivity index (χ3n) is 3.33. The highest BCUT2D eigenvalue weighted by Crippen LogP contribution is 2.32. The molecule has 0 saturated heterocycles. The fourth-order valence-electron chi connectivity index (χ4n) is 2.14. The molecule has 84 valence electrons. The number of ether oxygens (including phenoxy) is 1. The molecule has 1 aliphatic carbocycles. The molecule has 2 unspecified atom stereocenters. The Morgan fingerprint density at radius 1 is 1.50 bits per heavy atom. The van der Waals surface area contributed by atoms with Crippen molar-refractivity contribution in [3.8, 4) is 0 Å². The Morgan fingerprint density at radius 2 is 2.29 bits per heavy atom. The number of hydrogen-bond donors (Lipinski definition) is 2. The first-order chi connectivity index (χ1) is 6.69. The molecule has 0 amide bonds. The highest BCUT2D eigenvalue weighted by atomic mass is 16.5. The zero-order valence-corrected chi connectivity index (χ0v) is 9.38. The molecule has 0 heterocycles. The van der Waals surface area contributed by atoms with Gasteiger partial charge in [0.05, 0.1) is 12.2 Å². The molecular weight excluding hydrogens is 178 g/mol. The van der Waals surface area contributed by atoms with Gasteiger partial charge in [-0.1, -0.05) is 19.8 Å². The van der Waals surface area contributed by atoms with Crippen LogP contribution in [-0.2, 0) is 4.74 Å². The van der Waals surface area contributed by atoms with Crippen molar-refractivity contribution in [3.63, 3.8) is 0 Å². The van der Waals surface area contributed by atoms with Crippen molar-refractivity contribution in [2.24, 2.45) is 5.92 Å². The molecule has 1 fully saturated rings. The molecule has 0 aromatic rings. The van der Waals surface area contributed by atoms with E-state index in [9.17, 15) is 5.11 Å². The number of methoxy groups -OCH3 is 1. The van der Waals surface area contributed by atoms with E-state index < -0.39 is 5.60 Å². The lowest BCUT2D eigenvalue weighted by Gasteiger charge is -2.38. The van der Waals surface area contributed by atoms with Crippen LogP contribution in [-0.4, -0.2) is 37.5 Å². The summed E-state index contributed by atoms with van der Waals surface area (Å²) in [5.74, 6) is 0.422. The summed E-state index contributed by atoms with van der Waals surface area (Å²) < 4.78 is 4.95. The van der Waals surface area contributed by atoms with Crippen molar-refractivity contribution in [2.45, 2.75) is 38.2 Å². The van der Waals surface area contributed by atoms with Crippen molar-refractivity contribution in [3.05, 3.63) is 0 Å². The molecule has 3 heteroatoms. The van der Waals surface area contributed by atoms with Crippen molar-refractivity contribution in [1.82, 2.24) is 5.32 Å². The second kappa shape index (κ2) is 5.69. The van der Waals surface area contributed by atoms with Crippen molar-refractivity contribution >= 4 is 0 Å². The van der Waals surface area contributed by atoms with Crippen LogP contribution in [0.2, 0.25) is 0 Å². The van der Waals surface area contributed by atoms with Crippen LogP contribution < -0.4 is 5.32 Å². The molecule has 0 aromatic heterocycles. The first-order valence-electron chi connectivity index (χ1n) is 5.61. The van der Waals surface area contributed by atoms with Crippen LogP contribution in [0.25, 0.3) is 0 Å². The summed E-state index contributed by atoms with van der Waals surface area (Å²) in [5.41, 5.74) is -0.480. The summed E-state index contributed by atoms with van der Waals surface area (Å²) in [4.78, 5) is 0. The molecule has 1 saturated carbocycles. The fourth-order valence-corrected chi connectivity index (χ4v) is 2.14. The molecule has 1 rings (SSSR count).